The lowest BCUT2D eigenvalue weighted by atomic mass is 9.81. The standard InChI is InChI=1S/C24H33N3O3/c1-16(26-15-23(29)18-10-13-22(28)21(14-18)24(25)30)17-8-11-20(12-9-17)27(2)19-6-4-3-5-7-19/h3-7,10,13-14,16-17,20,23,26,28-29H,8-9,11-12,15H2,1-2H3,(H2,25,30)/t16?,17-,20-,23?. The maximum Gasteiger partial charge on any atom is 0.252 e. The maximum absolute atomic E-state index is 11.4. The summed E-state index contributed by atoms with van der Waals surface area (Å²) in [6.07, 6.45) is 3.84. The Morgan fingerprint density at radius 1 is 1.17 bits per heavy atom. The van der Waals surface area contributed by atoms with Crippen LogP contribution in [0.15, 0.2) is 48.5 Å². The number of aromatic hydroxyl groups is 1. The van der Waals surface area contributed by atoms with Gasteiger partial charge in [-0.3, -0.25) is 4.79 Å². The van der Waals surface area contributed by atoms with Gasteiger partial charge in [-0.1, -0.05) is 24.3 Å². The van der Waals surface area contributed by atoms with Gasteiger partial charge in [-0.2, -0.15) is 0 Å². The average molecular weight is 412 g/mol. The quantitative estimate of drug-likeness (QED) is 0.535. The highest BCUT2D eigenvalue weighted by molar-refractivity contribution is 5.95. The number of aliphatic hydroxyl groups excluding tert-OH is 1. The number of aliphatic hydroxyl groups is 1. The lowest BCUT2D eigenvalue weighted by Gasteiger charge is -2.38. The number of hydrogen-bond donors (Lipinski definition) is 4. The number of para-hydroxylation sites is 1. The zero-order valence-corrected chi connectivity index (χ0v) is 17.8. The van der Waals surface area contributed by atoms with Gasteiger partial charge in [0.05, 0.1) is 11.7 Å². The largest absolute Gasteiger partial charge is 0.507 e. The van der Waals surface area contributed by atoms with Crippen LogP contribution < -0.4 is 16.0 Å². The molecule has 0 radical (unpaired) electrons. The first kappa shape index (κ1) is 22.1. The van der Waals surface area contributed by atoms with E-state index in [4.69, 9.17) is 5.73 Å². The van der Waals surface area contributed by atoms with Crippen LogP contribution in [0.4, 0.5) is 5.69 Å². The zero-order chi connectivity index (χ0) is 21.7. The summed E-state index contributed by atoms with van der Waals surface area (Å²) in [5.74, 6) is -0.310. The van der Waals surface area contributed by atoms with Crippen molar-refractivity contribution in [3.8, 4) is 5.75 Å². The van der Waals surface area contributed by atoms with Crippen molar-refractivity contribution in [2.24, 2.45) is 11.7 Å². The molecule has 2 aromatic carbocycles. The van der Waals surface area contributed by atoms with Crippen molar-refractivity contribution in [3.63, 3.8) is 0 Å². The van der Waals surface area contributed by atoms with E-state index in [-0.39, 0.29) is 17.4 Å². The fourth-order valence-electron chi connectivity index (χ4n) is 4.40. The second-order valence-corrected chi connectivity index (χ2v) is 8.37. The van der Waals surface area contributed by atoms with E-state index in [0.29, 0.717) is 24.1 Å². The minimum atomic E-state index is -0.772. The highest BCUT2D eigenvalue weighted by atomic mass is 16.3. The Labute approximate surface area is 178 Å². The molecule has 0 bridgehead atoms. The van der Waals surface area contributed by atoms with Gasteiger partial charge in [0.15, 0.2) is 0 Å². The molecule has 2 atom stereocenters. The highest BCUT2D eigenvalue weighted by Crippen LogP contribution is 2.31. The summed E-state index contributed by atoms with van der Waals surface area (Å²) in [5.41, 5.74) is 7.13. The Morgan fingerprint density at radius 2 is 1.83 bits per heavy atom. The second kappa shape index (κ2) is 9.96. The zero-order valence-electron chi connectivity index (χ0n) is 17.8. The molecule has 2 aromatic rings. The molecule has 1 amide bonds. The molecule has 162 valence electrons. The number of nitrogens with two attached hydrogens (primary N) is 1. The summed E-state index contributed by atoms with van der Waals surface area (Å²) in [6, 6.07) is 15.8. The molecule has 3 rings (SSSR count). The van der Waals surface area contributed by atoms with Crippen LogP contribution in [0, 0.1) is 5.92 Å². The fraction of sp³-hybridized carbons (Fsp3) is 0.458. The van der Waals surface area contributed by atoms with Crippen LogP contribution in [0.25, 0.3) is 0 Å². The number of primary amides is 1. The molecule has 1 saturated carbocycles. The Bertz CT molecular complexity index is 835. The van der Waals surface area contributed by atoms with Crippen LogP contribution >= 0.6 is 0 Å². The molecule has 1 aliphatic rings. The molecule has 6 heteroatoms. The lowest BCUT2D eigenvalue weighted by molar-refractivity contribution is 0.0997. The molecule has 6 nitrogen and oxygen atoms in total. The van der Waals surface area contributed by atoms with Crippen molar-refractivity contribution >= 4 is 11.6 Å². The molecule has 0 saturated heterocycles. The maximum atomic E-state index is 11.4. The number of carbonyl (C=O) groups is 1. The minimum Gasteiger partial charge on any atom is -0.507 e. The van der Waals surface area contributed by atoms with Gasteiger partial charge in [0.2, 0.25) is 0 Å². The van der Waals surface area contributed by atoms with Crippen molar-refractivity contribution in [2.45, 2.75) is 50.8 Å². The van der Waals surface area contributed by atoms with Crippen LogP contribution in [-0.2, 0) is 0 Å². The predicted molar refractivity (Wildman–Crippen MR) is 120 cm³/mol. The second-order valence-electron chi connectivity index (χ2n) is 8.37. The van der Waals surface area contributed by atoms with Crippen LogP contribution in [0.2, 0.25) is 0 Å². The molecule has 2 unspecified atom stereocenters. The van der Waals surface area contributed by atoms with Crippen LogP contribution in [0.5, 0.6) is 5.75 Å². The van der Waals surface area contributed by atoms with Gasteiger partial charge in [0.25, 0.3) is 5.91 Å². The molecule has 5 N–H and O–H groups in total. The summed E-state index contributed by atoms with van der Waals surface area (Å²) in [5, 5.41) is 23.7. The topological polar surface area (TPSA) is 98.8 Å². The first-order chi connectivity index (χ1) is 14.4. The minimum absolute atomic E-state index is 0.0282. The van der Waals surface area contributed by atoms with E-state index in [1.165, 1.54) is 17.8 Å². The van der Waals surface area contributed by atoms with E-state index in [1.807, 2.05) is 6.07 Å². The van der Waals surface area contributed by atoms with E-state index >= 15 is 0 Å². The van der Waals surface area contributed by atoms with Crippen molar-refractivity contribution in [3.05, 3.63) is 59.7 Å². The van der Waals surface area contributed by atoms with Crippen molar-refractivity contribution < 1.29 is 15.0 Å². The summed E-state index contributed by atoms with van der Waals surface area (Å²) in [6.45, 7) is 2.55. The summed E-state index contributed by atoms with van der Waals surface area (Å²) in [7, 11) is 2.18. The molecule has 0 spiro atoms. The first-order valence-electron chi connectivity index (χ1n) is 10.7. The number of nitrogens with zero attached hydrogens (tertiary/aromatic N) is 1. The van der Waals surface area contributed by atoms with Crippen LogP contribution in [-0.4, -0.2) is 41.8 Å². The smallest absolute Gasteiger partial charge is 0.252 e. The van der Waals surface area contributed by atoms with Crippen molar-refractivity contribution in [2.75, 3.05) is 18.5 Å². The van der Waals surface area contributed by atoms with Crippen molar-refractivity contribution in [1.29, 1.82) is 0 Å². The number of anilines is 1. The normalized spacial score (nSPS) is 21.0. The molecule has 0 heterocycles. The molecule has 1 aliphatic carbocycles. The average Bonchev–Trinajstić information content (AvgIpc) is 2.77. The molecule has 0 aromatic heterocycles. The number of benzene rings is 2. The van der Waals surface area contributed by atoms with Gasteiger partial charge in [0, 0.05) is 31.4 Å². The van der Waals surface area contributed by atoms with Gasteiger partial charge < -0.3 is 26.2 Å². The lowest BCUT2D eigenvalue weighted by Crippen LogP contribution is -2.41. The number of hydrogen-bond acceptors (Lipinski definition) is 5. The monoisotopic (exact) mass is 411 g/mol. The van der Waals surface area contributed by atoms with Crippen molar-refractivity contribution in [1.82, 2.24) is 5.32 Å². The Balaban J connectivity index is 1.48. The first-order valence-corrected chi connectivity index (χ1v) is 10.7. The van der Waals surface area contributed by atoms with Gasteiger partial charge in [-0.25, -0.2) is 0 Å². The van der Waals surface area contributed by atoms with E-state index < -0.39 is 12.0 Å². The van der Waals surface area contributed by atoms with E-state index in [2.05, 4.69) is 48.5 Å². The third-order valence-electron chi connectivity index (χ3n) is 6.46. The highest BCUT2D eigenvalue weighted by Gasteiger charge is 2.27. The predicted octanol–water partition coefficient (Wildman–Crippen LogP) is 3.20. The number of phenols is 1. The van der Waals surface area contributed by atoms with Crippen LogP contribution in [0.1, 0.15) is 54.6 Å². The SMILES string of the molecule is CC(NCC(O)c1ccc(O)c(C(N)=O)c1)[C@H]1CC[C@H](N(C)c2ccccc2)CC1. The Morgan fingerprint density at radius 3 is 2.47 bits per heavy atom. The molecule has 30 heavy (non-hydrogen) atoms. The fourth-order valence-corrected chi connectivity index (χ4v) is 4.40. The number of rotatable bonds is 8. The van der Waals surface area contributed by atoms with E-state index in [0.717, 1.165) is 25.7 Å². The van der Waals surface area contributed by atoms with Gasteiger partial charge in [0.1, 0.15) is 5.75 Å². The number of amides is 1. The van der Waals surface area contributed by atoms with Gasteiger partial charge in [-0.15, -0.1) is 0 Å². The molecule has 0 aliphatic heterocycles. The Kier molecular flexibility index (Phi) is 7.34. The third-order valence-corrected chi connectivity index (χ3v) is 6.46. The molecular weight excluding hydrogens is 378 g/mol. The molecular formula is C24H33N3O3. The summed E-state index contributed by atoms with van der Waals surface area (Å²) < 4.78 is 0. The summed E-state index contributed by atoms with van der Waals surface area (Å²) in [4.78, 5) is 13.8. The number of carbonyl (C=O) groups excluding carboxylic acids is 1. The Hall–Kier alpha value is -2.57. The summed E-state index contributed by atoms with van der Waals surface area (Å²) >= 11 is 0. The van der Waals surface area contributed by atoms with Crippen LogP contribution in [0.3, 0.4) is 0 Å². The molecule has 1 fully saturated rings. The van der Waals surface area contributed by atoms with E-state index in [9.17, 15) is 15.0 Å². The van der Waals surface area contributed by atoms with E-state index in [1.54, 1.807) is 6.07 Å². The van der Waals surface area contributed by atoms with Gasteiger partial charge >= 0.3 is 0 Å². The number of nitrogens with one attached hydrogen (secondary N) is 1. The third kappa shape index (κ3) is 5.32. The van der Waals surface area contributed by atoms with Gasteiger partial charge in [-0.05, 0) is 68.4 Å².